The first-order valence-corrected chi connectivity index (χ1v) is 6.71. The topological polar surface area (TPSA) is 63.3 Å². The van der Waals surface area contributed by atoms with Crippen molar-refractivity contribution in [3.05, 3.63) is 35.4 Å². The van der Waals surface area contributed by atoms with Crippen molar-refractivity contribution in [2.45, 2.75) is 44.6 Å². The second kappa shape index (κ2) is 6.01. The summed E-state index contributed by atoms with van der Waals surface area (Å²) in [6.45, 7) is 0.512. The predicted octanol–water partition coefficient (Wildman–Crippen LogP) is 2.89. The molecule has 0 saturated heterocycles. The average molecular weight is 247 g/mol. The van der Waals surface area contributed by atoms with Crippen LogP contribution < -0.4 is 5.73 Å². The van der Waals surface area contributed by atoms with E-state index in [4.69, 9.17) is 10.8 Å². The molecule has 2 rings (SSSR count). The number of rotatable bonds is 5. The molecular formula is C15H21NO2. The van der Waals surface area contributed by atoms with E-state index < -0.39 is 5.97 Å². The first-order valence-electron chi connectivity index (χ1n) is 6.71. The smallest absolute Gasteiger partial charge is 0.303 e. The van der Waals surface area contributed by atoms with E-state index in [1.165, 1.54) is 12.8 Å². The van der Waals surface area contributed by atoms with Gasteiger partial charge in [-0.15, -0.1) is 0 Å². The normalized spacial score (nSPS) is 17.8. The van der Waals surface area contributed by atoms with Crippen LogP contribution in [0.2, 0.25) is 0 Å². The number of nitrogens with two attached hydrogens (primary N) is 1. The molecule has 0 amide bonds. The zero-order chi connectivity index (χ0) is 13.0. The molecular weight excluding hydrogens is 226 g/mol. The van der Waals surface area contributed by atoms with Gasteiger partial charge >= 0.3 is 5.97 Å². The number of aliphatic carboxylic acids is 1. The van der Waals surface area contributed by atoms with Crippen molar-refractivity contribution in [1.82, 2.24) is 0 Å². The predicted molar refractivity (Wildman–Crippen MR) is 71.3 cm³/mol. The van der Waals surface area contributed by atoms with Crippen molar-refractivity contribution < 1.29 is 9.90 Å². The summed E-state index contributed by atoms with van der Waals surface area (Å²) >= 11 is 0. The highest BCUT2D eigenvalue weighted by Gasteiger charge is 2.28. The van der Waals surface area contributed by atoms with Crippen LogP contribution in [0, 0.1) is 5.92 Å². The summed E-state index contributed by atoms with van der Waals surface area (Å²) < 4.78 is 0. The highest BCUT2D eigenvalue weighted by atomic mass is 16.4. The van der Waals surface area contributed by atoms with E-state index in [1.807, 2.05) is 18.2 Å². The molecule has 1 aromatic rings. The van der Waals surface area contributed by atoms with Gasteiger partial charge in [0.2, 0.25) is 0 Å². The van der Waals surface area contributed by atoms with Crippen LogP contribution >= 0.6 is 0 Å². The molecule has 0 heterocycles. The van der Waals surface area contributed by atoms with E-state index >= 15 is 0 Å². The van der Waals surface area contributed by atoms with Crippen molar-refractivity contribution in [3.8, 4) is 0 Å². The molecule has 0 radical (unpaired) electrons. The Balaban J connectivity index is 2.23. The molecule has 1 aliphatic carbocycles. The number of hydrogen-bond donors (Lipinski definition) is 2. The van der Waals surface area contributed by atoms with E-state index in [9.17, 15) is 4.79 Å². The maximum absolute atomic E-state index is 11.1. The van der Waals surface area contributed by atoms with Gasteiger partial charge < -0.3 is 10.8 Å². The monoisotopic (exact) mass is 247 g/mol. The fraction of sp³-hybridized carbons (Fsp3) is 0.533. The summed E-state index contributed by atoms with van der Waals surface area (Å²) in [5.41, 5.74) is 7.89. The van der Waals surface area contributed by atoms with Gasteiger partial charge in [-0.25, -0.2) is 0 Å². The lowest BCUT2D eigenvalue weighted by molar-refractivity contribution is -0.137. The summed E-state index contributed by atoms with van der Waals surface area (Å²) in [7, 11) is 0. The third-order valence-corrected chi connectivity index (χ3v) is 3.98. The Kier molecular flexibility index (Phi) is 4.37. The Hall–Kier alpha value is -1.35. The summed E-state index contributed by atoms with van der Waals surface area (Å²) in [6.07, 6.45) is 5.02. The Morgan fingerprint density at radius 1 is 1.39 bits per heavy atom. The minimum Gasteiger partial charge on any atom is -0.481 e. The van der Waals surface area contributed by atoms with Gasteiger partial charge in [-0.1, -0.05) is 37.1 Å². The Morgan fingerprint density at radius 3 is 2.72 bits per heavy atom. The van der Waals surface area contributed by atoms with Crippen molar-refractivity contribution in [2.75, 3.05) is 0 Å². The van der Waals surface area contributed by atoms with Gasteiger partial charge in [0, 0.05) is 6.54 Å². The third kappa shape index (κ3) is 3.10. The van der Waals surface area contributed by atoms with Crippen molar-refractivity contribution >= 4 is 5.97 Å². The van der Waals surface area contributed by atoms with Crippen LogP contribution in [0.3, 0.4) is 0 Å². The highest BCUT2D eigenvalue weighted by molar-refractivity contribution is 5.68. The second-order valence-electron chi connectivity index (χ2n) is 5.20. The Labute approximate surface area is 108 Å². The Bertz CT molecular complexity index is 411. The maximum atomic E-state index is 11.1. The first kappa shape index (κ1) is 13.1. The Morgan fingerprint density at radius 2 is 2.11 bits per heavy atom. The fourth-order valence-corrected chi connectivity index (χ4v) is 3.06. The van der Waals surface area contributed by atoms with Crippen LogP contribution in [0.15, 0.2) is 24.3 Å². The van der Waals surface area contributed by atoms with Crippen LogP contribution in [0.25, 0.3) is 0 Å². The zero-order valence-electron chi connectivity index (χ0n) is 10.6. The molecule has 18 heavy (non-hydrogen) atoms. The molecule has 1 fully saturated rings. The van der Waals surface area contributed by atoms with E-state index in [0.717, 1.165) is 24.0 Å². The van der Waals surface area contributed by atoms with Crippen LogP contribution in [0.5, 0.6) is 0 Å². The second-order valence-corrected chi connectivity index (χ2v) is 5.20. The number of carboxylic acids is 1. The number of carbonyl (C=O) groups is 1. The SMILES string of the molecule is NCc1cccc(C(CC(=O)O)C2CCCC2)c1. The molecule has 3 heteroatoms. The van der Waals surface area contributed by atoms with Crippen LogP contribution in [0.1, 0.15) is 49.1 Å². The standard InChI is InChI=1S/C15H21NO2/c16-10-11-4-3-7-13(8-11)14(9-15(17)18)12-5-1-2-6-12/h3-4,7-8,12,14H,1-2,5-6,9-10,16H2,(H,17,18). The van der Waals surface area contributed by atoms with Gasteiger partial charge in [0.1, 0.15) is 0 Å². The van der Waals surface area contributed by atoms with Crippen molar-refractivity contribution in [3.63, 3.8) is 0 Å². The number of benzene rings is 1. The molecule has 1 aromatic carbocycles. The fourth-order valence-electron chi connectivity index (χ4n) is 3.06. The minimum absolute atomic E-state index is 0.150. The summed E-state index contributed by atoms with van der Waals surface area (Å²) in [5, 5.41) is 9.11. The van der Waals surface area contributed by atoms with Gasteiger partial charge in [0.25, 0.3) is 0 Å². The summed E-state index contributed by atoms with van der Waals surface area (Å²) in [6, 6.07) is 8.11. The maximum Gasteiger partial charge on any atom is 0.303 e. The molecule has 1 aliphatic rings. The molecule has 1 saturated carbocycles. The summed E-state index contributed by atoms with van der Waals surface area (Å²) in [4.78, 5) is 11.1. The number of hydrogen-bond acceptors (Lipinski definition) is 2. The largest absolute Gasteiger partial charge is 0.481 e. The molecule has 98 valence electrons. The van der Waals surface area contributed by atoms with Crippen LogP contribution in [0.4, 0.5) is 0 Å². The molecule has 0 aromatic heterocycles. The molecule has 3 nitrogen and oxygen atoms in total. The highest BCUT2D eigenvalue weighted by Crippen LogP contribution is 2.39. The van der Waals surface area contributed by atoms with Crippen LogP contribution in [-0.4, -0.2) is 11.1 Å². The lowest BCUT2D eigenvalue weighted by Gasteiger charge is -2.22. The van der Waals surface area contributed by atoms with E-state index in [1.54, 1.807) is 0 Å². The third-order valence-electron chi connectivity index (χ3n) is 3.98. The minimum atomic E-state index is -0.704. The molecule has 1 unspecified atom stereocenters. The first-order chi connectivity index (χ1) is 8.70. The van der Waals surface area contributed by atoms with E-state index in [0.29, 0.717) is 12.5 Å². The van der Waals surface area contributed by atoms with E-state index in [2.05, 4.69) is 6.07 Å². The van der Waals surface area contributed by atoms with Crippen molar-refractivity contribution in [2.24, 2.45) is 11.7 Å². The lowest BCUT2D eigenvalue weighted by atomic mass is 9.82. The summed E-state index contributed by atoms with van der Waals surface area (Å²) in [5.74, 6) is -0.0318. The van der Waals surface area contributed by atoms with Crippen molar-refractivity contribution in [1.29, 1.82) is 0 Å². The average Bonchev–Trinajstić information content (AvgIpc) is 2.89. The lowest BCUT2D eigenvalue weighted by Crippen LogP contribution is -2.15. The van der Waals surface area contributed by atoms with Crippen LogP contribution in [-0.2, 0) is 11.3 Å². The molecule has 0 bridgehead atoms. The van der Waals surface area contributed by atoms with Gasteiger partial charge in [0.05, 0.1) is 6.42 Å². The van der Waals surface area contributed by atoms with Gasteiger partial charge in [-0.05, 0) is 35.8 Å². The molecule has 0 aliphatic heterocycles. The number of carboxylic acid groups (broad SMARTS) is 1. The zero-order valence-corrected chi connectivity index (χ0v) is 10.6. The molecule has 3 N–H and O–H groups in total. The molecule has 1 atom stereocenters. The van der Waals surface area contributed by atoms with E-state index in [-0.39, 0.29) is 12.3 Å². The molecule has 0 spiro atoms. The van der Waals surface area contributed by atoms with Gasteiger partial charge in [-0.2, -0.15) is 0 Å². The quantitative estimate of drug-likeness (QED) is 0.841. The van der Waals surface area contributed by atoms with Gasteiger partial charge in [-0.3, -0.25) is 4.79 Å². The van der Waals surface area contributed by atoms with Gasteiger partial charge in [0.15, 0.2) is 0 Å².